The summed E-state index contributed by atoms with van der Waals surface area (Å²) in [5, 5.41) is 13.3. The fraction of sp³-hybridized carbons (Fsp3) is 0.812. The second kappa shape index (κ2) is 5.38. The molecule has 0 aromatic heterocycles. The molecule has 3 atom stereocenters. The molecule has 3 rings (SSSR count). The lowest BCUT2D eigenvalue weighted by molar-refractivity contribution is -0.154. The number of rotatable bonds is 4. The summed E-state index contributed by atoms with van der Waals surface area (Å²) in [6, 6.07) is 0. The van der Waals surface area contributed by atoms with Crippen LogP contribution in [0, 0.1) is 11.3 Å². The molecule has 2 bridgehead atoms. The second-order valence-electron chi connectivity index (χ2n) is 7.64. The molecule has 3 aliphatic carbocycles. The molecule has 0 heterocycles. The third kappa shape index (κ3) is 3.84. The molecule has 4 N–H and O–H groups in total. The quantitative estimate of drug-likeness (QED) is 0.414. The first-order chi connectivity index (χ1) is 9.55. The Kier molecular flexibility index (Phi) is 4.21. The maximum Gasteiger partial charge on any atom is 0.340 e. The van der Waals surface area contributed by atoms with Crippen molar-refractivity contribution in [1.82, 2.24) is 5.32 Å². The van der Waals surface area contributed by atoms with Gasteiger partial charge in [-0.1, -0.05) is 18.6 Å². The molecule has 0 saturated heterocycles. The lowest BCUT2D eigenvalue weighted by atomic mass is 9.64. The number of aliphatic hydroxyl groups is 1. The number of esters is 1. The fourth-order valence-corrected chi connectivity index (χ4v) is 3.63. The van der Waals surface area contributed by atoms with Gasteiger partial charge in [0.05, 0.1) is 5.60 Å². The van der Waals surface area contributed by atoms with Crippen LogP contribution >= 0.6 is 0 Å². The Labute approximate surface area is 126 Å². The summed E-state index contributed by atoms with van der Waals surface area (Å²) in [5.41, 5.74) is 4.98. The van der Waals surface area contributed by atoms with E-state index in [2.05, 4.69) is 11.4 Å². The number of fused-ring (bicyclic) bond motifs is 4. The van der Waals surface area contributed by atoms with Crippen molar-refractivity contribution < 1.29 is 14.6 Å². The standard InChI is InChI=1S/C16H28N2O3/c1-14(10-21-13(19)16(3,17)18-4)7-11-5-12(6-11)8-15(2,20)9-14/h7,12,18,20H,5-6,8-10,17H2,1-4H3. The summed E-state index contributed by atoms with van der Waals surface area (Å²) in [7, 11) is 1.63. The molecule has 1 saturated carbocycles. The fourth-order valence-electron chi connectivity index (χ4n) is 3.63. The number of hydrogen-bond acceptors (Lipinski definition) is 5. The summed E-state index contributed by atoms with van der Waals surface area (Å²) >= 11 is 0. The zero-order valence-corrected chi connectivity index (χ0v) is 13.5. The van der Waals surface area contributed by atoms with E-state index in [1.165, 1.54) is 5.57 Å². The number of allylic oxidation sites excluding steroid dienone is 1. The SMILES string of the molecule is CNC(C)(N)C(=O)OCC1(C)C=C2CC(C2)CC(C)(O)C1. The summed E-state index contributed by atoms with van der Waals surface area (Å²) in [6.07, 6.45) is 5.72. The van der Waals surface area contributed by atoms with Crippen LogP contribution in [0.25, 0.3) is 0 Å². The van der Waals surface area contributed by atoms with Crippen molar-refractivity contribution in [2.75, 3.05) is 13.7 Å². The average molecular weight is 296 g/mol. The van der Waals surface area contributed by atoms with Crippen LogP contribution in [-0.4, -0.2) is 36.0 Å². The van der Waals surface area contributed by atoms with Gasteiger partial charge in [0.25, 0.3) is 0 Å². The summed E-state index contributed by atoms with van der Waals surface area (Å²) in [4.78, 5) is 12.0. The molecular weight excluding hydrogens is 268 g/mol. The Hall–Kier alpha value is -0.910. The largest absolute Gasteiger partial charge is 0.462 e. The summed E-state index contributed by atoms with van der Waals surface area (Å²) in [5.74, 6) is 0.132. The highest BCUT2D eigenvalue weighted by Gasteiger charge is 2.42. The van der Waals surface area contributed by atoms with Crippen LogP contribution in [0.3, 0.4) is 0 Å². The Morgan fingerprint density at radius 3 is 2.76 bits per heavy atom. The van der Waals surface area contributed by atoms with Gasteiger partial charge < -0.3 is 15.6 Å². The van der Waals surface area contributed by atoms with Gasteiger partial charge in [-0.2, -0.15) is 0 Å². The Morgan fingerprint density at radius 2 is 2.19 bits per heavy atom. The topological polar surface area (TPSA) is 84.6 Å². The number of carbonyl (C=O) groups excluding carboxylic acids is 1. The summed E-state index contributed by atoms with van der Waals surface area (Å²) in [6.45, 7) is 5.74. The van der Waals surface area contributed by atoms with Gasteiger partial charge in [-0.05, 0) is 52.5 Å². The van der Waals surface area contributed by atoms with Crippen LogP contribution in [0.4, 0.5) is 0 Å². The molecule has 0 aromatic rings. The Morgan fingerprint density at radius 1 is 1.57 bits per heavy atom. The van der Waals surface area contributed by atoms with E-state index >= 15 is 0 Å². The molecule has 0 aromatic carbocycles. The highest BCUT2D eigenvalue weighted by molar-refractivity contribution is 5.79. The Balaban J connectivity index is 2.07. The number of hydrogen-bond donors (Lipinski definition) is 3. The zero-order valence-electron chi connectivity index (χ0n) is 13.5. The number of carbonyl (C=O) groups is 1. The highest BCUT2D eigenvalue weighted by atomic mass is 16.5. The van der Waals surface area contributed by atoms with E-state index in [1.54, 1.807) is 14.0 Å². The number of nitrogens with two attached hydrogens (primary N) is 1. The van der Waals surface area contributed by atoms with Crippen molar-refractivity contribution in [3.05, 3.63) is 11.6 Å². The van der Waals surface area contributed by atoms with Crippen LogP contribution in [0.2, 0.25) is 0 Å². The molecule has 0 amide bonds. The number of nitrogens with one attached hydrogen (secondary N) is 1. The van der Waals surface area contributed by atoms with E-state index in [1.807, 2.05) is 13.8 Å². The molecule has 5 heteroatoms. The molecule has 0 radical (unpaired) electrons. The van der Waals surface area contributed by atoms with E-state index in [9.17, 15) is 9.90 Å². The normalized spacial score (nSPS) is 38.4. The molecule has 0 aliphatic heterocycles. The molecule has 120 valence electrons. The average Bonchev–Trinajstić information content (AvgIpc) is 2.30. The molecule has 5 nitrogen and oxygen atoms in total. The van der Waals surface area contributed by atoms with E-state index in [0.717, 1.165) is 19.3 Å². The maximum absolute atomic E-state index is 12.0. The first kappa shape index (κ1) is 16.5. The third-order valence-corrected chi connectivity index (χ3v) is 4.64. The second-order valence-corrected chi connectivity index (χ2v) is 7.64. The van der Waals surface area contributed by atoms with Crippen molar-refractivity contribution in [3.8, 4) is 0 Å². The van der Waals surface area contributed by atoms with E-state index < -0.39 is 17.2 Å². The molecule has 1 fully saturated rings. The number of likely N-dealkylation sites (N-methyl/N-ethyl adjacent to an activating group) is 1. The lowest BCUT2D eigenvalue weighted by Gasteiger charge is -2.44. The first-order valence-electron chi connectivity index (χ1n) is 7.63. The maximum atomic E-state index is 12.0. The predicted octanol–water partition coefficient (Wildman–Crippen LogP) is 1.31. The van der Waals surface area contributed by atoms with Gasteiger partial charge >= 0.3 is 5.97 Å². The van der Waals surface area contributed by atoms with Gasteiger partial charge in [-0.15, -0.1) is 0 Å². The van der Waals surface area contributed by atoms with E-state index in [0.29, 0.717) is 12.3 Å². The smallest absolute Gasteiger partial charge is 0.340 e. The predicted molar refractivity (Wildman–Crippen MR) is 81.4 cm³/mol. The van der Waals surface area contributed by atoms with Crippen LogP contribution in [0.15, 0.2) is 11.6 Å². The minimum atomic E-state index is -1.19. The van der Waals surface area contributed by atoms with Crippen LogP contribution < -0.4 is 11.1 Å². The van der Waals surface area contributed by atoms with Crippen LogP contribution in [0.1, 0.15) is 46.5 Å². The minimum absolute atomic E-state index is 0.241. The van der Waals surface area contributed by atoms with Crippen molar-refractivity contribution in [2.45, 2.75) is 57.7 Å². The van der Waals surface area contributed by atoms with Gasteiger partial charge in [0.2, 0.25) is 0 Å². The van der Waals surface area contributed by atoms with E-state index in [4.69, 9.17) is 10.5 Å². The molecular formula is C16H28N2O3. The summed E-state index contributed by atoms with van der Waals surface area (Å²) < 4.78 is 5.41. The molecule has 0 spiro atoms. The van der Waals surface area contributed by atoms with Gasteiger partial charge in [-0.3, -0.25) is 5.32 Å². The van der Waals surface area contributed by atoms with Crippen molar-refractivity contribution >= 4 is 5.97 Å². The lowest BCUT2D eigenvalue weighted by Crippen LogP contribution is -2.57. The van der Waals surface area contributed by atoms with Crippen LogP contribution in [0.5, 0.6) is 0 Å². The van der Waals surface area contributed by atoms with Crippen molar-refractivity contribution in [3.63, 3.8) is 0 Å². The number of ether oxygens (including phenoxy) is 1. The van der Waals surface area contributed by atoms with Gasteiger partial charge in [0, 0.05) is 5.41 Å². The molecule has 21 heavy (non-hydrogen) atoms. The third-order valence-electron chi connectivity index (χ3n) is 4.64. The first-order valence-corrected chi connectivity index (χ1v) is 7.63. The van der Waals surface area contributed by atoms with E-state index in [-0.39, 0.29) is 12.0 Å². The van der Waals surface area contributed by atoms with Gasteiger partial charge in [-0.25, -0.2) is 4.79 Å². The Bertz CT molecular complexity index is 448. The molecule has 3 aliphatic rings. The highest BCUT2D eigenvalue weighted by Crippen LogP contribution is 2.47. The van der Waals surface area contributed by atoms with Gasteiger partial charge in [0.1, 0.15) is 6.61 Å². The minimum Gasteiger partial charge on any atom is -0.462 e. The molecule has 3 unspecified atom stereocenters. The van der Waals surface area contributed by atoms with Crippen molar-refractivity contribution in [2.24, 2.45) is 17.1 Å². The van der Waals surface area contributed by atoms with Gasteiger partial charge in [0.15, 0.2) is 5.66 Å². The zero-order chi connectivity index (χ0) is 15.9. The van der Waals surface area contributed by atoms with Crippen molar-refractivity contribution in [1.29, 1.82) is 0 Å². The monoisotopic (exact) mass is 296 g/mol. The van der Waals surface area contributed by atoms with Crippen LogP contribution in [-0.2, 0) is 9.53 Å².